The van der Waals surface area contributed by atoms with E-state index in [1.807, 2.05) is 0 Å². The van der Waals surface area contributed by atoms with Crippen molar-refractivity contribution >= 4 is 45.8 Å². The molecule has 1 fully saturated rings. The second-order valence-corrected chi connectivity index (χ2v) is 9.85. The Balaban J connectivity index is 1.37. The molecule has 3 heterocycles. The number of aromatic nitrogens is 2. The highest BCUT2D eigenvalue weighted by molar-refractivity contribution is 8.18. The number of thioether (sulfide) groups is 1. The molecule has 2 aliphatic heterocycles. The fraction of sp³-hybridized carbons (Fsp3) is 0.280. The van der Waals surface area contributed by atoms with Gasteiger partial charge in [-0.05, 0) is 54.1 Å². The van der Waals surface area contributed by atoms with Crippen LogP contribution in [0.2, 0.25) is 0 Å². The van der Waals surface area contributed by atoms with Gasteiger partial charge in [-0.25, -0.2) is 4.79 Å². The van der Waals surface area contributed by atoms with E-state index in [4.69, 9.17) is 0 Å². The number of aryl methyl sites for hydroxylation is 1. The van der Waals surface area contributed by atoms with E-state index in [9.17, 15) is 27.9 Å². The van der Waals surface area contributed by atoms with Crippen molar-refractivity contribution in [1.29, 1.82) is 0 Å². The number of aliphatic imine (C=N–C) groups is 1. The SMILES string of the molecule is Cc1ccc(Cn2ncc3cc(/C=C4\SC(N5CCNC[C@@H]5C(=O)O)=NC4=O)ccc32)c(C(F)(F)F)c1. The number of carboxylic acid groups (broad SMARTS) is 1. The van der Waals surface area contributed by atoms with Crippen LogP contribution in [-0.2, 0) is 22.3 Å². The van der Waals surface area contributed by atoms with Crippen LogP contribution in [-0.4, -0.2) is 62.5 Å². The lowest BCUT2D eigenvalue weighted by Crippen LogP contribution is -2.56. The van der Waals surface area contributed by atoms with Gasteiger partial charge in [-0.15, -0.1) is 0 Å². The van der Waals surface area contributed by atoms with Crippen molar-refractivity contribution in [2.45, 2.75) is 25.7 Å². The van der Waals surface area contributed by atoms with E-state index < -0.39 is 29.7 Å². The van der Waals surface area contributed by atoms with Crippen molar-refractivity contribution in [2.24, 2.45) is 4.99 Å². The lowest BCUT2D eigenvalue weighted by atomic mass is 10.0. The number of rotatable bonds is 4. The number of fused-ring (bicyclic) bond motifs is 1. The minimum Gasteiger partial charge on any atom is -0.480 e. The third kappa shape index (κ3) is 5.12. The number of carbonyl (C=O) groups is 2. The molecule has 8 nitrogen and oxygen atoms in total. The Morgan fingerprint density at radius 3 is 2.84 bits per heavy atom. The third-order valence-electron chi connectivity index (χ3n) is 6.24. The summed E-state index contributed by atoms with van der Waals surface area (Å²) in [5.41, 5.74) is 1.32. The molecule has 192 valence electrons. The largest absolute Gasteiger partial charge is 0.480 e. The molecule has 37 heavy (non-hydrogen) atoms. The number of carbonyl (C=O) groups excluding carboxylic acids is 1. The molecule has 5 rings (SSSR count). The fourth-order valence-corrected chi connectivity index (χ4v) is 5.39. The molecule has 0 saturated carbocycles. The summed E-state index contributed by atoms with van der Waals surface area (Å²) >= 11 is 1.13. The van der Waals surface area contributed by atoms with Crippen molar-refractivity contribution in [3.05, 3.63) is 69.8 Å². The van der Waals surface area contributed by atoms with Crippen LogP contribution in [0.4, 0.5) is 13.2 Å². The normalized spacial score (nSPS) is 19.6. The average Bonchev–Trinajstić information content (AvgIpc) is 3.42. The van der Waals surface area contributed by atoms with E-state index in [1.165, 1.54) is 10.7 Å². The number of piperazine rings is 1. The average molecular weight is 530 g/mol. The quantitative estimate of drug-likeness (QED) is 0.497. The summed E-state index contributed by atoms with van der Waals surface area (Å²) in [7, 11) is 0. The molecule has 12 heteroatoms. The molecule has 2 aromatic carbocycles. The van der Waals surface area contributed by atoms with E-state index in [0.29, 0.717) is 45.2 Å². The van der Waals surface area contributed by atoms with Gasteiger partial charge in [0.1, 0.15) is 6.04 Å². The molecule has 2 aliphatic rings. The van der Waals surface area contributed by atoms with Gasteiger partial charge in [0.2, 0.25) is 0 Å². The first-order valence-corrected chi connectivity index (χ1v) is 12.3. The first-order chi connectivity index (χ1) is 17.6. The monoisotopic (exact) mass is 529 g/mol. The molecular weight excluding hydrogens is 507 g/mol. The molecule has 1 aromatic heterocycles. The summed E-state index contributed by atoms with van der Waals surface area (Å²) in [6, 6.07) is 8.74. The van der Waals surface area contributed by atoms with Crippen molar-refractivity contribution in [3.63, 3.8) is 0 Å². The maximum Gasteiger partial charge on any atom is 0.416 e. The molecule has 0 radical (unpaired) electrons. The van der Waals surface area contributed by atoms with Crippen molar-refractivity contribution in [1.82, 2.24) is 20.0 Å². The van der Waals surface area contributed by atoms with E-state index in [2.05, 4.69) is 15.4 Å². The number of aliphatic carboxylic acids is 1. The summed E-state index contributed by atoms with van der Waals surface area (Å²) in [6.45, 7) is 2.85. The van der Waals surface area contributed by atoms with E-state index in [0.717, 1.165) is 17.8 Å². The zero-order valence-corrected chi connectivity index (χ0v) is 20.4. The zero-order valence-electron chi connectivity index (χ0n) is 19.6. The van der Waals surface area contributed by atoms with Gasteiger partial charge in [0.05, 0.1) is 28.7 Å². The van der Waals surface area contributed by atoms with Crippen LogP contribution in [0.3, 0.4) is 0 Å². The lowest BCUT2D eigenvalue weighted by Gasteiger charge is -2.34. The number of carboxylic acids is 1. The number of amidine groups is 1. The fourth-order valence-electron chi connectivity index (χ4n) is 4.40. The van der Waals surface area contributed by atoms with Crippen LogP contribution in [0, 0.1) is 6.92 Å². The van der Waals surface area contributed by atoms with Crippen LogP contribution >= 0.6 is 11.8 Å². The Hall–Kier alpha value is -3.64. The first-order valence-electron chi connectivity index (χ1n) is 11.5. The molecular formula is C25H22F3N5O3S. The van der Waals surface area contributed by atoms with Crippen LogP contribution in [0.15, 0.2) is 52.5 Å². The number of benzene rings is 2. The number of amides is 1. The predicted molar refractivity (Wildman–Crippen MR) is 134 cm³/mol. The summed E-state index contributed by atoms with van der Waals surface area (Å²) in [5, 5.41) is 17.9. The third-order valence-corrected chi connectivity index (χ3v) is 7.26. The van der Waals surface area contributed by atoms with Gasteiger partial charge in [0.25, 0.3) is 5.91 Å². The minimum absolute atomic E-state index is 0.0416. The zero-order chi connectivity index (χ0) is 26.3. The minimum atomic E-state index is -4.47. The molecule has 0 aliphatic carbocycles. The van der Waals surface area contributed by atoms with E-state index >= 15 is 0 Å². The number of nitrogens with one attached hydrogen (secondary N) is 1. The van der Waals surface area contributed by atoms with E-state index in [1.54, 1.807) is 48.4 Å². The number of nitrogens with zero attached hydrogens (tertiary/aromatic N) is 4. The first kappa shape index (κ1) is 25.0. The summed E-state index contributed by atoms with van der Waals surface area (Å²) in [5.74, 6) is -1.44. The number of halogens is 3. The second kappa shape index (κ2) is 9.67. The topological polar surface area (TPSA) is 99.8 Å². The highest BCUT2D eigenvalue weighted by Crippen LogP contribution is 2.34. The van der Waals surface area contributed by atoms with Crippen LogP contribution in [0.25, 0.3) is 17.0 Å². The second-order valence-electron chi connectivity index (χ2n) is 8.84. The van der Waals surface area contributed by atoms with Crippen molar-refractivity contribution in [2.75, 3.05) is 19.6 Å². The Morgan fingerprint density at radius 2 is 2.08 bits per heavy atom. The molecule has 0 spiro atoms. The Morgan fingerprint density at radius 1 is 1.27 bits per heavy atom. The molecule has 1 saturated heterocycles. The lowest BCUT2D eigenvalue weighted by molar-refractivity contribution is -0.142. The molecule has 3 aromatic rings. The van der Waals surface area contributed by atoms with Gasteiger partial charge in [-0.2, -0.15) is 23.3 Å². The van der Waals surface area contributed by atoms with Crippen LogP contribution < -0.4 is 5.32 Å². The van der Waals surface area contributed by atoms with Gasteiger partial charge in [-0.1, -0.05) is 23.8 Å². The van der Waals surface area contributed by atoms with Gasteiger partial charge in [0.15, 0.2) is 5.17 Å². The van der Waals surface area contributed by atoms with E-state index in [-0.39, 0.29) is 18.7 Å². The van der Waals surface area contributed by atoms with Crippen LogP contribution in [0.1, 0.15) is 22.3 Å². The highest BCUT2D eigenvalue weighted by Gasteiger charge is 2.35. The number of hydrogen-bond acceptors (Lipinski definition) is 6. The van der Waals surface area contributed by atoms with Gasteiger partial charge >= 0.3 is 12.1 Å². The Kier molecular flexibility index (Phi) is 6.54. The number of alkyl halides is 3. The molecule has 1 atom stereocenters. The molecule has 0 unspecified atom stereocenters. The van der Waals surface area contributed by atoms with Crippen molar-refractivity contribution < 1.29 is 27.9 Å². The maximum atomic E-state index is 13.5. The molecule has 0 bridgehead atoms. The van der Waals surface area contributed by atoms with Gasteiger partial charge in [-0.3, -0.25) is 9.48 Å². The van der Waals surface area contributed by atoms with Gasteiger partial charge < -0.3 is 15.3 Å². The van der Waals surface area contributed by atoms with Gasteiger partial charge in [0, 0.05) is 25.0 Å². The van der Waals surface area contributed by atoms with Crippen molar-refractivity contribution in [3.8, 4) is 0 Å². The standard InChI is InChI=1S/C25H22F3N5O3S/c1-14-2-4-16(18(8-14)25(26,27)28)13-33-19-5-3-15(9-17(19)11-30-33)10-21-22(34)31-24(37-21)32-7-6-29-12-20(32)23(35)36/h2-5,8-11,20,29H,6-7,12-13H2,1H3,(H,35,36)/b21-10-/t20-/m1/s1. The molecule has 1 amide bonds. The highest BCUT2D eigenvalue weighted by atomic mass is 32.2. The smallest absolute Gasteiger partial charge is 0.416 e. The predicted octanol–water partition coefficient (Wildman–Crippen LogP) is 3.74. The Labute approximate surface area is 213 Å². The Bertz CT molecular complexity index is 1460. The summed E-state index contributed by atoms with van der Waals surface area (Å²) in [6.07, 6.45) is -1.23. The maximum absolute atomic E-state index is 13.5. The van der Waals surface area contributed by atoms with Crippen LogP contribution in [0.5, 0.6) is 0 Å². The molecule has 2 N–H and O–H groups in total. The summed E-state index contributed by atoms with van der Waals surface area (Å²) < 4.78 is 42.2. The summed E-state index contributed by atoms with van der Waals surface area (Å²) in [4.78, 5) is 30.2. The number of hydrogen-bond donors (Lipinski definition) is 2.